The summed E-state index contributed by atoms with van der Waals surface area (Å²) in [6.45, 7) is 18.8. The fourth-order valence-electron chi connectivity index (χ4n) is 2.83. The van der Waals surface area contributed by atoms with E-state index in [9.17, 15) is 9.18 Å². The lowest BCUT2D eigenvalue weighted by Crippen LogP contribution is -2.42. The van der Waals surface area contributed by atoms with Gasteiger partial charge in [0.15, 0.2) is 8.32 Å². The number of amides is 1. The Balaban J connectivity index is 1.94. The first-order valence-corrected chi connectivity index (χ1v) is 13.1. The van der Waals surface area contributed by atoms with Crippen LogP contribution in [0.1, 0.15) is 48.0 Å². The van der Waals surface area contributed by atoms with Gasteiger partial charge in [-0.1, -0.05) is 20.8 Å². The summed E-state index contributed by atoms with van der Waals surface area (Å²) in [6, 6.07) is 3.26. The Kier molecular flexibility index (Phi) is 7.00. The smallest absolute Gasteiger partial charge is 0.412 e. The molecule has 2 rings (SSSR count). The molecule has 1 aliphatic rings. The summed E-state index contributed by atoms with van der Waals surface area (Å²) in [7, 11) is -1.77. The normalized spacial score (nSPS) is 18.1. The fraction of sp³-hybridized carbons (Fsp3) is 0.714. The Morgan fingerprint density at radius 2 is 1.93 bits per heavy atom. The summed E-state index contributed by atoms with van der Waals surface area (Å²) in [5.74, 6) is 0.273. The average Bonchev–Trinajstić information content (AvgIpc) is 3.01. The van der Waals surface area contributed by atoms with Crippen molar-refractivity contribution < 1.29 is 18.3 Å². The molecule has 0 bridgehead atoms. The molecule has 1 atom stereocenters. The second kappa shape index (κ2) is 8.59. The molecule has 0 spiro atoms. The zero-order valence-corrected chi connectivity index (χ0v) is 20.1. The van der Waals surface area contributed by atoms with Crippen LogP contribution in [0.15, 0.2) is 12.1 Å². The standard InChI is InChI=1S/C21H36FN3O3Si/c1-20(2,3)28-19(26)23-16-9-10-17(24-18(16)22)25-12-11-15(13-25)14-27-29(7,8)21(4,5)6/h9-10,15H,11-14H2,1-8H3,(H,23,26). The minimum Gasteiger partial charge on any atom is -0.444 e. The van der Waals surface area contributed by atoms with Crippen LogP contribution in [0.25, 0.3) is 0 Å². The average molecular weight is 426 g/mol. The lowest BCUT2D eigenvalue weighted by Gasteiger charge is -2.37. The third-order valence-corrected chi connectivity index (χ3v) is 10.1. The lowest BCUT2D eigenvalue weighted by atomic mass is 10.1. The van der Waals surface area contributed by atoms with Crippen LogP contribution in [0.5, 0.6) is 0 Å². The van der Waals surface area contributed by atoms with Gasteiger partial charge in [-0.25, -0.2) is 9.78 Å². The van der Waals surface area contributed by atoms with E-state index in [4.69, 9.17) is 9.16 Å². The van der Waals surface area contributed by atoms with Crippen LogP contribution in [0.4, 0.5) is 20.7 Å². The first kappa shape index (κ1) is 23.6. The van der Waals surface area contributed by atoms with Crippen LogP contribution >= 0.6 is 0 Å². The largest absolute Gasteiger partial charge is 0.444 e. The summed E-state index contributed by atoms with van der Waals surface area (Å²) in [5, 5.41) is 2.60. The minimum absolute atomic E-state index is 0.0139. The van der Waals surface area contributed by atoms with E-state index in [1.165, 1.54) is 6.07 Å². The van der Waals surface area contributed by atoms with Crippen molar-refractivity contribution >= 4 is 25.9 Å². The van der Waals surface area contributed by atoms with Crippen molar-refractivity contribution in [1.29, 1.82) is 0 Å². The van der Waals surface area contributed by atoms with E-state index in [-0.39, 0.29) is 10.7 Å². The monoisotopic (exact) mass is 425 g/mol. The Morgan fingerprint density at radius 1 is 1.28 bits per heavy atom. The number of carbonyl (C=O) groups excluding carboxylic acids is 1. The SMILES string of the molecule is CC(C)(C)OC(=O)Nc1ccc(N2CCC(CO[Si](C)(C)C(C)(C)C)C2)nc1F. The number of hydrogen-bond donors (Lipinski definition) is 1. The molecular weight excluding hydrogens is 389 g/mol. The number of carbonyl (C=O) groups is 1. The molecule has 0 aliphatic carbocycles. The topological polar surface area (TPSA) is 63.7 Å². The van der Waals surface area contributed by atoms with Gasteiger partial charge in [-0.15, -0.1) is 0 Å². The first-order chi connectivity index (χ1) is 13.2. The third-order valence-electron chi connectivity index (χ3n) is 5.57. The quantitative estimate of drug-likeness (QED) is 0.504. The predicted molar refractivity (Wildman–Crippen MR) is 118 cm³/mol. The number of aromatic nitrogens is 1. The van der Waals surface area contributed by atoms with Gasteiger partial charge in [0, 0.05) is 25.6 Å². The summed E-state index contributed by atoms with van der Waals surface area (Å²) >= 11 is 0. The molecule has 1 aromatic rings. The van der Waals surface area contributed by atoms with Crippen molar-refractivity contribution in [3.8, 4) is 0 Å². The maximum Gasteiger partial charge on any atom is 0.412 e. The molecule has 0 radical (unpaired) electrons. The molecule has 0 aromatic carbocycles. The molecular formula is C21H36FN3O3Si. The zero-order valence-electron chi connectivity index (χ0n) is 19.1. The van der Waals surface area contributed by atoms with Crippen molar-refractivity contribution in [2.75, 3.05) is 29.9 Å². The van der Waals surface area contributed by atoms with Gasteiger partial charge in [-0.3, -0.25) is 5.32 Å². The Bertz CT molecular complexity index is 729. The minimum atomic E-state index is -1.77. The Hall–Kier alpha value is -1.67. The van der Waals surface area contributed by atoms with Crippen molar-refractivity contribution in [1.82, 2.24) is 4.98 Å². The van der Waals surface area contributed by atoms with Gasteiger partial charge in [0.05, 0.1) is 5.69 Å². The molecule has 2 heterocycles. The number of halogens is 1. The van der Waals surface area contributed by atoms with Gasteiger partial charge in [0.25, 0.3) is 0 Å². The molecule has 8 heteroatoms. The number of ether oxygens (including phenoxy) is 1. The van der Waals surface area contributed by atoms with Gasteiger partial charge in [0.1, 0.15) is 11.4 Å². The van der Waals surface area contributed by atoms with E-state index in [1.807, 2.05) is 0 Å². The van der Waals surface area contributed by atoms with Gasteiger partial charge < -0.3 is 14.1 Å². The first-order valence-electron chi connectivity index (χ1n) is 10.2. The van der Waals surface area contributed by atoms with E-state index >= 15 is 0 Å². The molecule has 164 valence electrons. The second-order valence-electron chi connectivity index (χ2n) is 10.3. The maximum absolute atomic E-state index is 14.4. The molecule has 1 N–H and O–H groups in total. The van der Waals surface area contributed by atoms with Crippen LogP contribution in [-0.4, -0.2) is 44.7 Å². The molecule has 1 saturated heterocycles. The van der Waals surface area contributed by atoms with Crippen LogP contribution in [0.3, 0.4) is 0 Å². The summed E-state index contributed by atoms with van der Waals surface area (Å²) in [6.07, 6.45) is 0.297. The fourth-order valence-corrected chi connectivity index (χ4v) is 3.91. The molecule has 1 amide bonds. The van der Waals surface area contributed by atoms with Gasteiger partial charge in [-0.2, -0.15) is 4.39 Å². The highest BCUT2D eigenvalue weighted by atomic mass is 28.4. The molecule has 1 fully saturated rings. The molecule has 29 heavy (non-hydrogen) atoms. The van der Waals surface area contributed by atoms with E-state index in [1.54, 1.807) is 26.8 Å². The van der Waals surface area contributed by atoms with E-state index in [2.05, 4.69) is 49.1 Å². The maximum atomic E-state index is 14.4. The van der Waals surface area contributed by atoms with Crippen LogP contribution in [0, 0.1) is 11.9 Å². The van der Waals surface area contributed by atoms with E-state index in [0.717, 1.165) is 26.1 Å². The molecule has 6 nitrogen and oxygen atoms in total. The van der Waals surface area contributed by atoms with Crippen LogP contribution in [0.2, 0.25) is 18.1 Å². The molecule has 1 aromatic heterocycles. The number of hydrogen-bond acceptors (Lipinski definition) is 5. The zero-order chi connectivity index (χ0) is 22.0. The van der Waals surface area contributed by atoms with Gasteiger partial charge >= 0.3 is 6.09 Å². The number of pyridine rings is 1. The second-order valence-corrected chi connectivity index (χ2v) is 15.1. The lowest BCUT2D eigenvalue weighted by molar-refractivity contribution is 0.0635. The van der Waals surface area contributed by atoms with Gasteiger partial charge in [0.2, 0.25) is 5.95 Å². The highest BCUT2D eigenvalue weighted by Gasteiger charge is 2.38. The van der Waals surface area contributed by atoms with Crippen molar-refractivity contribution in [3.05, 3.63) is 18.1 Å². The Morgan fingerprint density at radius 3 is 2.48 bits per heavy atom. The summed E-state index contributed by atoms with van der Waals surface area (Å²) in [4.78, 5) is 18.0. The van der Waals surface area contributed by atoms with Crippen molar-refractivity contribution in [2.24, 2.45) is 5.92 Å². The number of nitrogens with one attached hydrogen (secondary N) is 1. The predicted octanol–water partition coefficient (Wildman–Crippen LogP) is 5.42. The van der Waals surface area contributed by atoms with E-state index < -0.39 is 26.0 Å². The number of rotatable bonds is 5. The van der Waals surface area contributed by atoms with E-state index in [0.29, 0.717) is 11.7 Å². The van der Waals surface area contributed by atoms with Crippen molar-refractivity contribution in [3.63, 3.8) is 0 Å². The number of anilines is 2. The van der Waals surface area contributed by atoms with Gasteiger partial charge in [-0.05, 0) is 57.5 Å². The summed E-state index contributed by atoms with van der Waals surface area (Å²) < 4.78 is 25.9. The third kappa shape index (κ3) is 6.67. The molecule has 1 unspecified atom stereocenters. The van der Waals surface area contributed by atoms with Crippen LogP contribution < -0.4 is 10.2 Å². The molecule has 1 aliphatic heterocycles. The number of nitrogens with zero attached hydrogens (tertiary/aromatic N) is 2. The highest BCUT2D eigenvalue weighted by Crippen LogP contribution is 2.37. The van der Waals surface area contributed by atoms with Crippen molar-refractivity contribution in [2.45, 2.75) is 71.7 Å². The van der Waals surface area contributed by atoms with Crippen LogP contribution in [-0.2, 0) is 9.16 Å². The summed E-state index contributed by atoms with van der Waals surface area (Å²) in [5.41, 5.74) is -0.634. The Labute approximate surface area is 175 Å². The molecule has 0 saturated carbocycles. The highest BCUT2D eigenvalue weighted by molar-refractivity contribution is 6.74.